The van der Waals surface area contributed by atoms with E-state index in [2.05, 4.69) is 30.4 Å². The molecular formula is C22H24N3O3P. The molecule has 3 rings (SSSR count). The van der Waals surface area contributed by atoms with E-state index in [1.807, 2.05) is 26.0 Å². The largest absolute Gasteiger partial charge is 0.381 e. The molecule has 0 aliphatic heterocycles. The first-order chi connectivity index (χ1) is 13.7. The molecule has 2 atom stereocenters. The van der Waals surface area contributed by atoms with E-state index < -0.39 is 5.85 Å². The Balaban J connectivity index is 0.000000207. The minimum atomic E-state index is -1.05. The number of rotatable bonds is 4. The maximum absolute atomic E-state index is 11.6. The van der Waals surface area contributed by atoms with E-state index in [1.165, 1.54) is 0 Å². The molecule has 6 nitrogen and oxygen atoms in total. The zero-order valence-electron chi connectivity index (χ0n) is 16.6. The third-order valence-electron chi connectivity index (χ3n) is 4.27. The van der Waals surface area contributed by atoms with Crippen LogP contribution in [-0.4, -0.2) is 33.2 Å². The summed E-state index contributed by atoms with van der Waals surface area (Å²) in [5.74, 6) is 1.75. The fourth-order valence-corrected chi connectivity index (χ4v) is 2.78. The van der Waals surface area contributed by atoms with Crippen molar-refractivity contribution < 1.29 is 9.90 Å². The second kappa shape index (κ2) is 9.97. The first-order valence-corrected chi connectivity index (χ1v) is 9.62. The molecule has 0 spiro atoms. The molecule has 150 valence electrons. The second-order valence-electron chi connectivity index (χ2n) is 6.55. The highest BCUT2D eigenvalue weighted by molar-refractivity contribution is 7.19. The van der Waals surface area contributed by atoms with Crippen molar-refractivity contribution in [3.63, 3.8) is 0 Å². The number of ketones is 1. The van der Waals surface area contributed by atoms with Crippen molar-refractivity contribution in [3.8, 4) is 12.3 Å². The first kappa shape index (κ1) is 22.3. The summed E-state index contributed by atoms with van der Waals surface area (Å²) in [6, 6.07) is 10.6. The number of H-pyrrole nitrogens is 1. The van der Waals surface area contributed by atoms with Gasteiger partial charge in [0.15, 0.2) is 5.78 Å². The third-order valence-corrected chi connectivity index (χ3v) is 4.57. The van der Waals surface area contributed by atoms with E-state index in [9.17, 15) is 9.59 Å². The van der Waals surface area contributed by atoms with Crippen LogP contribution in [0.5, 0.6) is 0 Å². The molecule has 1 heterocycles. The van der Waals surface area contributed by atoms with Gasteiger partial charge in [0.05, 0.1) is 17.4 Å². The number of terminal acetylenes is 1. The van der Waals surface area contributed by atoms with Gasteiger partial charge in [0.2, 0.25) is 0 Å². The van der Waals surface area contributed by atoms with E-state index in [4.69, 9.17) is 11.5 Å². The predicted octanol–water partition coefficient (Wildman–Crippen LogP) is 2.96. The van der Waals surface area contributed by atoms with Crippen molar-refractivity contribution >= 4 is 31.6 Å². The third kappa shape index (κ3) is 5.99. The topological polar surface area (TPSA) is 95.1 Å². The molecule has 0 amide bonds. The molecule has 1 aromatic heterocycles. The number of fused-ring (bicyclic) bond motifs is 1. The molecule has 2 unspecified atom stereocenters. The molecule has 0 fully saturated rings. The number of carbonyl (C=O) groups is 1. The summed E-state index contributed by atoms with van der Waals surface area (Å²) in [5, 5.41) is 12.7. The van der Waals surface area contributed by atoms with Crippen LogP contribution >= 0.6 is 9.24 Å². The fourth-order valence-electron chi connectivity index (χ4n) is 2.59. The summed E-state index contributed by atoms with van der Waals surface area (Å²) in [6.45, 7) is 6.25. The van der Waals surface area contributed by atoms with Gasteiger partial charge >= 0.3 is 0 Å². The van der Waals surface area contributed by atoms with Crippen LogP contribution < -0.4 is 10.9 Å². The molecule has 3 aromatic rings. The number of aromatic nitrogens is 2. The van der Waals surface area contributed by atoms with E-state index >= 15 is 0 Å². The van der Waals surface area contributed by atoms with Crippen molar-refractivity contribution in [2.45, 2.75) is 26.6 Å². The molecule has 3 N–H and O–H groups in total. The molecular weight excluding hydrogens is 385 g/mol. The summed E-state index contributed by atoms with van der Waals surface area (Å²) in [5.41, 5.74) is 4.32. The van der Waals surface area contributed by atoms with E-state index in [0.717, 1.165) is 22.3 Å². The highest BCUT2D eigenvalue weighted by Gasteiger charge is 2.11. The lowest BCUT2D eigenvalue weighted by molar-refractivity contribution is 0.0867. The van der Waals surface area contributed by atoms with Crippen molar-refractivity contribution in [2.24, 2.45) is 0 Å². The van der Waals surface area contributed by atoms with Crippen LogP contribution in [0.1, 0.15) is 27.3 Å². The van der Waals surface area contributed by atoms with Gasteiger partial charge in [0.1, 0.15) is 11.7 Å². The summed E-state index contributed by atoms with van der Waals surface area (Å²) in [6.07, 6.45) is 5.09. The van der Waals surface area contributed by atoms with Crippen LogP contribution in [0.2, 0.25) is 0 Å². The number of aromatic amines is 1. The average Bonchev–Trinajstić information content (AvgIpc) is 2.68. The molecule has 0 bridgehead atoms. The van der Waals surface area contributed by atoms with Gasteiger partial charge in [-0.1, -0.05) is 15.2 Å². The van der Waals surface area contributed by atoms with E-state index in [-0.39, 0.29) is 11.3 Å². The van der Waals surface area contributed by atoms with E-state index in [0.29, 0.717) is 23.3 Å². The van der Waals surface area contributed by atoms with Crippen LogP contribution in [0, 0.1) is 33.1 Å². The number of hydrogen-bond acceptors (Lipinski definition) is 5. The average molecular weight is 409 g/mol. The number of aliphatic hydroxyl groups is 1. The Bertz CT molecular complexity index is 1110. The van der Waals surface area contributed by atoms with Crippen molar-refractivity contribution in [3.05, 3.63) is 69.3 Å². The highest BCUT2D eigenvalue weighted by atomic mass is 31.0. The number of benzene rings is 2. The van der Waals surface area contributed by atoms with Gasteiger partial charge in [-0.25, -0.2) is 4.98 Å². The molecule has 0 saturated heterocycles. The Hall–Kier alpha value is -3.00. The summed E-state index contributed by atoms with van der Waals surface area (Å²) >= 11 is 0. The summed E-state index contributed by atoms with van der Waals surface area (Å²) < 4.78 is 0. The number of anilines is 1. The molecule has 0 radical (unpaired) electrons. The minimum Gasteiger partial charge on any atom is -0.381 e. The molecule has 0 aliphatic rings. The maximum Gasteiger partial charge on any atom is 0.258 e. The van der Waals surface area contributed by atoms with Gasteiger partial charge < -0.3 is 15.4 Å². The van der Waals surface area contributed by atoms with Gasteiger partial charge in [0, 0.05) is 11.3 Å². The highest BCUT2D eigenvalue weighted by Crippen LogP contribution is 2.14. The van der Waals surface area contributed by atoms with Crippen molar-refractivity contribution in [2.75, 3.05) is 11.9 Å². The van der Waals surface area contributed by atoms with E-state index in [1.54, 1.807) is 31.2 Å². The molecule has 0 aliphatic carbocycles. The monoisotopic (exact) mass is 409 g/mol. The Morgan fingerprint density at radius 2 is 1.86 bits per heavy atom. The number of aryl methyl sites for hydroxylation is 3. The van der Waals surface area contributed by atoms with Gasteiger partial charge in [-0.2, -0.15) is 0 Å². The fraction of sp³-hybridized carbons (Fsp3) is 0.227. The molecule has 0 saturated carbocycles. The Morgan fingerprint density at radius 1 is 1.24 bits per heavy atom. The number of aliphatic hydroxyl groups excluding tert-OH is 1. The lowest BCUT2D eigenvalue weighted by Gasteiger charge is -2.05. The van der Waals surface area contributed by atoms with Crippen LogP contribution in [0.4, 0.5) is 5.69 Å². The molecule has 7 heteroatoms. The first-order valence-electron chi connectivity index (χ1n) is 8.96. The number of nitrogens with one attached hydrogen (secondary N) is 2. The lowest BCUT2D eigenvalue weighted by Crippen LogP contribution is -2.12. The van der Waals surface area contributed by atoms with Gasteiger partial charge in [0.25, 0.3) is 5.56 Å². The van der Waals surface area contributed by atoms with Crippen molar-refractivity contribution in [1.29, 1.82) is 0 Å². The minimum absolute atomic E-state index is 0.0596. The second-order valence-corrected chi connectivity index (χ2v) is 7.18. The van der Waals surface area contributed by atoms with Crippen LogP contribution in [0.25, 0.3) is 10.9 Å². The lowest BCUT2D eigenvalue weighted by atomic mass is 10.1. The standard InChI is InChI=1S/C11H12N2O.C11H12NO2P/c1-6-4-9-10(5-7(6)2)12-8(3)13-11(9)14;1-2-7-12-9-5-3-8(4-6-9)10(13)11(14)15/h4-5H,1-3H3,(H,12,13,14);1,3-6,11-12,14H,7,15H2. The molecule has 29 heavy (non-hydrogen) atoms. The number of nitrogens with zero attached hydrogens (tertiary/aromatic N) is 1. The van der Waals surface area contributed by atoms with Gasteiger partial charge in [-0.15, -0.1) is 6.42 Å². The maximum atomic E-state index is 11.6. The Labute approximate surface area is 172 Å². The van der Waals surface area contributed by atoms with Crippen LogP contribution in [-0.2, 0) is 0 Å². The van der Waals surface area contributed by atoms with Crippen LogP contribution in [0.15, 0.2) is 41.2 Å². The zero-order valence-corrected chi connectivity index (χ0v) is 17.8. The summed E-state index contributed by atoms with van der Waals surface area (Å²) in [4.78, 5) is 29.9. The van der Waals surface area contributed by atoms with Crippen LogP contribution in [0.3, 0.4) is 0 Å². The Morgan fingerprint density at radius 3 is 2.45 bits per heavy atom. The Kier molecular flexibility index (Phi) is 7.67. The number of hydrogen-bond donors (Lipinski definition) is 3. The quantitative estimate of drug-likeness (QED) is 0.350. The number of carbonyl (C=O) groups excluding carboxylic acids is 1. The van der Waals surface area contributed by atoms with Gasteiger partial charge in [-0.05, 0) is 68.3 Å². The normalized spacial score (nSPS) is 11.2. The summed E-state index contributed by atoms with van der Waals surface area (Å²) in [7, 11) is 2.05. The zero-order chi connectivity index (χ0) is 21.6. The number of Topliss-reactive ketones (excluding diaryl/α,β-unsaturated/α-hetero) is 1. The van der Waals surface area contributed by atoms with Crippen molar-refractivity contribution in [1.82, 2.24) is 9.97 Å². The molecule has 2 aromatic carbocycles. The predicted molar refractivity (Wildman–Crippen MR) is 120 cm³/mol. The smallest absolute Gasteiger partial charge is 0.258 e. The SMILES string of the molecule is C#CCNc1ccc(C(=O)C(O)P)cc1.Cc1nc2cc(C)c(C)cc2c(=O)[nH]1. The van der Waals surface area contributed by atoms with Gasteiger partial charge in [-0.3, -0.25) is 9.59 Å².